The first kappa shape index (κ1) is 40.2. The van der Waals surface area contributed by atoms with Crippen molar-refractivity contribution in [3.63, 3.8) is 0 Å². The lowest BCUT2D eigenvalue weighted by molar-refractivity contribution is -0.131. The number of aryl methyl sites for hydroxylation is 2. The second-order valence-electron chi connectivity index (χ2n) is 15.2. The van der Waals surface area contributed by atoms with Gasteiger partial charge in [-0.3, -0.25) is 19.6 Å². The van der Waals surface area contributed by atoms with Crippen molar-refractivity contribution in [2.75, 3.05) is 31.9 Å². The molecule has 48 heavy (non-hydrogen) atoms. The summed E-state index contributed by atoms with van der Waals surface area (Å²) >= 11 is 0. The largest absolute Gasteiger partial charge is 0.445 e. The number of β-amino-alcohol motifs (C(OH)–C–C–N with tert-alkyl or cyclic N) is 1. The Bertz CT molecular complexity index is 1270. The van der Waals surface area contributed by atoms with Crippen molar-refractivity contribution in [3.05, 3.63) is 29.1 Å². The Morgan fingerprint density at radius 3 is 2.23 bits per heavy atom. The standard InChI is InChI=1S/C36H63N5O6S/c1-9-12-14-27-20-26(21-28(37-27)15-13-10-2)22-40-17-18-41(30(23-40)34(43)39-36(6,7)8)24-31(42)29(11-3)38-35(44)47-32-16-19-48(45,46)33(32)25(4)5/h20-21,25,29-33,42H,9-19,22-24H2,1-8H3,(H,38,44)(H,39,43)/t29-,30-,31+,32+,33+/m0/s1. The minimum Gasteiger partial charge on any atom is -0.445 e. The lowest BCUT2D eigenvalue weighted by Gasteiger charge is -2.43. The molecular formula is C36H63N5O6S. The van der Waals surface area contributed by atoms with Gasteiger partial charge in [0.15, 0.2) is 9.84 Å². The number of aliphatic hydroxyl groups is 1. The zero-order chi connectivity index (χ0) is 35.6. The molecule has 1 aromatic rings. The number of amides is 2. The minimum absolute atomic E-state index is 0.00117. The molecule has 3 heterocycles. The van der Waals surface area contributed by atoms with E-state index in [-0.39, 0.29) is 30.5 Å². The number of hydrogen-bond acceptors (Lipinski definition) is 9. The molecule has 2 saturated heterocycles. The molecule has 0 aliphatic carbocycles. The van der Waals surface area contributed by atoms with Crippen LogP contribution in [0.25, 0.3) is 0 Å². The summed E-state index contributed by atoms with van der Waals surface area (Å²) < 4.78 is 30.6. The van der Waals surface area contributed by atoms with E-state index in [1.165, 1.54) is 5.56 Å². The van der Waals surface area contributed by atoms with Crippen LogP contribution in [0.15, 0.2) is 12.1 Å². The number of carbonyl (C=O) groups excluding carboxylic acids is 2. The van der Waals surface area contributed by atoms with Crippen LogP contribution in [-0.2, 0) is 38.8 Å². The van der Waals surface area contributed by atoms with Crippen molar-refractivity contribution in [2.24, 2.45) is 5.92 Å². The van der Waals surface area contributed by atoms with E-state index in [1.54, 1.807) is 0 Å². The highest BCUT2D eigenvalue weighted by molar-refractivity contribution is 7.92. The van der Waals surface area contributed by atoms with Crippen LogP contribution in [0.5, 0.6) is 0 Å². The molecule has 11 nitrogen and oxygen atoms in total. The second kappa shape index (κ2) is 18.1. The summed E-state index contributed by atoms with van der Waals surface area (Å²) in [6.07, 6.45) is 4.67. The Kier molecular flexibility index (Phi) is 15.1. The topological polar surface area (TPSA) is 141 Å². The average molecular weight is 694 g/mol. The molecule has 2 aliphatic heterocycles. The number of ether oxygens (including phenoxy) is 1. The van der Waals surface area contributed by atoms with Crippen molar-refractivity contribution < 1.29 is 27.9 Å². The van der Waals surface area contributed by atoms with Crippen molar-refractivity contribution in [1.29, 1.82) is 0 Å². The fraction of sp³-hybridized carbons (Fsp3) is 0.806. The van der Waals surface area contributed by atoms with Crippen LogP contribution in [0, 0.1) is 5.92 Å². The van der Waals surface area contributed by atoms with Gasteiger partial charge in [-0.15, -0.1) is 0 Å². The zero-order valence-electron chi connectivity index (χ0n) is 30.8. The summed E-state index contributed by atoms with van der Waals surface area (Å²) in [5.41, 5.74) is 3.06. The number of aromatic nitrogens is 1. The number of alkyl carbamates (subject to hydrolysis) is 1. The van der Waals surface area contributed by atoms with Gasteiger partial charge < -0.3 is 20.5 Å². The molecule has 12 heteroatoms. The highest BCUT2D eigenvalue weighted by Gasteiger charge is 2.44. The van der Waals surface area contributed by atoms with E-state index in [2.05, 4.69) is 41.5 Å². The third-order valence-electron chi connectivity index (χ3n) is 9.36. The maximum Gasteiger partial charge on any atom is 0.407 e. The Balaban J connectivity index is 1.71. The van der Waals surface area contributed by atoms with Gasteiger partial charge in [0.25, 0.3) is 0 Å². The monoisotopic (exact) mass is 693 g/mol. The first-order valence-electron chi connectivity index (χ1n) is 18.2. The van der Waals surface area contributed by atoms with Crippen LogP contribution >= 0.6 is 0 Å². The number of pyridine rings is 1. The average Bonchev–Trinajstić information content (AvgIpc) is 3.30. The maximum atomic E-state index is 13.7. The van der Waals surface area contributed by atoms with Gasteiger partial charge >= 0.3 is 6.09 Å². The SMILES string of the molecule is CCCCc1cc(CN2CCN(C[C@@H](O)[C@H](CC)NC(=O)O[C@@H]3CCS(=O)(=O)[C@@H]3C(C)C)[C@H](C(=O)NC(C)(C)C)C2)cc(CCCC)n1. The number of aliphatic hydroxyl groups excluding tert-OH is 1. The highest BCUT2D eigenvalue weighted by Crippen LogP contribution is 2.29. The Hall–Kier alpha value is -2.28. The van der Waals surface area contributed by atoms with E-state index in [9.17, 15) is 23.1 Å². The van der Waals surface area contributed by atoms with Gasteiger partial charge in [-0.05, 0) is 82.9 Å². The number of piperazine rings is 1. The predicted molar refractivity (Wildman–Crippen MR) is 191 cm³/mol. The van der Waals surface area contributed by atoms with Crippen LogP contribution in [0.4, 0.5) is 4.79 Å². The van der Waals surface area contributed by atoms with E-state index in [1.807, 2.05) is 46.4 Å². The molecule has 3 rings (SSSR count). The second-order valence-corrected chi connectivity index (χ2v) is 17.5. The summed E-state index contributed by atoms with van der Waals surface area (Å²) in [4.78, 5) is 35.9. The molecule has 0 unspecified atom stereocenters. The van der Waals surface area contributed by atoms with Crippen molar-refractivity contribution in [3.8, 4) is 0 Å². The lowest BCUT2D eigenvalue weighted by atomic mass is 10.0. The quantitative estimate of drug-likeness (QED) is 0.232. The summed E-state index contributed by atoms with van der Waals surface area (Å²) in [5.74, 6) is -0.273. The van der Waals surface area contributed by atoms with Crippen LogP contribution < -0.4 is 10.6 Å². The number of rotatable bonds is 16. The highest BCUT2D eigenvalue weighted by atomic mass is 32.2. The van der Waals surface area contributed by atoms with Gasteiger partial charge in [0.1, 0.15) is 17.4 Å². The summed E-state index contributed by atoms with van der Waals surface area (Å²) in [7, 11) is -3.32. The molecule has 2 aliphatic rings. The van der Waals surface area contributed by atoms with E-state index < -0.39 is 51.0 Å². The summed E-state index contributed by atoms with van der Waals surface area (Å²) in [6, 6.07) is 3.31. The van der Waals surface area contributed by atoms with E-state index in [4.69, 9.17) is 9.72 Å². The normalized spacial score (nSPS) is 23.2. The fourth-order valence-corrected chi connectivity index (χ4v) is 9.24. The smallest absolute Gasteiger partial charge is 0.407 e. The molecule has 2 amide bonds. The molecule has 1 aromatic heterocycles. The van der Waals surface area contributed by atoms with Crippen LogP contribution in [-0.4, -0.2) is 107 Å². The van der Waals surface area contributed by atoms with Gasteiger partial charge in [0.05, 0.1) is 17.9 Å². The van der Waals surface area contributed by atoms with Gasteiger partial charge in [-0.2, -0.15) is 0 Å². The number of nitrogens with zero attached hydrogens (tertiary/aromatic N) is 3. The Labute approximate surface area is 289 Å². The van der Waals surface area contributed by atoms with Crippen molar-refractivity contribution in [2.45, 2.75) is 148 Å². The number of carbonyl (C=O) groups is 2. The summed E-state index contributed by atoms with van der Waals surface area (Å²) in [6.45, 7) is 18.5. The molecule has 0 aromatic carbocycles. The lowest BCUT2D eigenvalue weighted by Crippen LogP contribution is -2.63. The Morgan fingerprint density at radius 2 is 1.69 bits per heavy atom. The van der Waals surface area contributed by atoms with Crippen molar-refractivity contribution in [1.82, 2.24) is 25.4 Å². The number of nitrogens with one attached hydrogen (secondary N) is 2. The Morgan fingerprint density at radius 1 is 1.06 bits per heavy atom. The fourth-order valence-electron chi connectivity index (χ4n) is 6.92. The molecule has 2 fully saturated rings. The maximum absolute atomic E-state index is 13.7. The molecule has 274 valence electrons. The number of sulfone groups is 1. The molecule has 0 radical (unpaired) electrons. The third kappa shape index (κ3) is 11.9. The van der Waals surface area contributed by atoms with Gasteiger partial charge in [0.2, 0.25) is 5.91 Å². The zero-order valence-corrected chi connectivity index (χ0v) is 31.6. The van der Waals surface area contributed by atoms with Crippen LogP contribution in [0.3, 0.4) is 0 Å². The third-order valence-corrected chi connectivity index (χ3v) is 11.8. The van der Waals surface area contributed by atoms with Crippen molar-refractivity contribution >= 4 is 21.8 Å². The first-order chi connectivity index (χ1) is 22.6. The molecule has 5 atom stereocenters. The van der Waals surface area contributed by atoms with Gasteiger partial charge in [-0.25, -0.2) is 13.2 Å². The van der Waals surface area contributed by atoms with E-state index in [0.29, 0.717) is 19.5 Å². The molecule has 0 bridgehead atoms. The minimum atomic E-state index is -3.32. The van der Waals surface area contributed by atoms with Gasteiger partial charge in [0, 0.05) is 49.7 Å². The summed E-state index contributed by atoms with van der Waals surface area (Å²) in [5, 5.41) is 16.6. The van der Waals surface area contributed by atoms with Crippen LogP contribution in [0.2, 0.25) is 0 Å². The molecule has 3 N–H and O–H groups in total. The van der Waals surface area contributed by atoms with Crippen LogP contribution in [0.1, 0.15) is 111 Å². The first-order valence-corrected chi connectivity index (χ1v) is 19.9. The van der Waals surface area contributed by atoms with E-state index in [0.717, 1.165) is 63.0 Å². The van der Waals surface area contributed by atoms with E-state index >= 15 is 0 Å². The number of hydrogen-bond donors (Lipinski definition) is 3. The molecule has 0 spiro atoms. The predicted octanol–water partition coefficient (Wildman–Crippen LogP) is 4.25. The molecular weight excluding hydrogens is 630 g/mol. The van der Waals surface area contributed by atoms with Gasteiger partial charge in [-0.1, -0.05) is 47.5 Å². The number of unbranched alkanes of at least 4 members (excludes halogenated alkanes) is 2. The molecule has 0 saturated carbocycles.